The maximum absolute atomic E-state index is 7.56. The molecule has 0 saturated heterocycles. The van der Waals surface area contributed by atoms with Gasteiger partial charge in [-0.3, -0.25) is 0 Å². The minimum Gasteiger partial charge on any atom is -0.366 e. The molecule has 1 heteroatoms. The summed E-state index contributed by atoms with van der Waals surface area (Å²) in [7, 11) is 0. The van der Waals surface area contributed by atoms with E-state index in [1.54, 1.807) is 0 Å². The number of hydrogen-bond donors (Lipinski definition) is 0. The lowest BCUT2D eigenvalue weighted by Gasteiger charge is -2.58. The van der Waals surface area contributed by atoms with Crippen LogP contribution in [-0.4, -0.2) is 11.7 Å². The normalized spacial score (nSPS) is 44.6. The van der Waals surface area contributed by atoms with Crippen molar-refractivity contribution < 1.29 is 4.74 Å². The maximum Gasteiger partial charge on any atom is 0.0922 e. The van der Waals surface area contributed by atoms with Crippen LogP contribution in [0.2, 0.25) is 0 Å². The van der Waals surface area contributed by atoms with Gasteiger partial charge in [0.25, 0.3) is 0 Å². The van der Waals surface area contributed by atoms with Gasteiger partial charge in [-0.1, -0.05) is 77.4 Å². The van der Waals surface area contributed by atoms with Crippen molar-refractivity contribution in [3.05, 3.63) is 12.2 Å². The van der Waals surface area contributed by atoms with Crippen LogP contribution in [0.15, 0.2) is 12.2 Å². The summed E-state index contributed by atoms with van der Waals surface area (Å²) in [6, 6.07) is 0. The molecule has 0 amide bonds. The second-order valence-electron chi connectivity index (χ2n) is 11.4. The van der Waals surface area contributed by atoms with Gasteiger partial charge in [0.15, 0.2) is 0 Å². The Morgan fingerprint density at radius 2 is 1.18 bits per heavy atom. The number of ether oxygens (including phenoxy) is 1. The molecule has 6 atom stereocenters. The molecule has 4 fully saturated rings. The molecule has 0 radical (unpaired) electrons. The molecular formula is C27H44O. The van der Waals surface area contributed by atoms with Gasteiger partial charge in [0.05, 0.1) is 11.7 Å². The van der Waals surface area contributed by atoms with Gasteiger partial charge in [-0.2, -0.15) is 0 Å². The Kier molecular flexibility index (Phi) is 5.68. The van der Waals surface area contributed by atoms with Crippen molar-refractivity contribution in [2.45, 2.75) is 115 Å². The van der Waals surface area contributed by atoms with Crippen LogP contribution < -0.4 is 0 Å². The highest BCUT2D eigenvalue weighted by Gasteiger charge is 2.55. The quantitative estimate of drug-likeness (QED) is 0.447. The van der Waals surface area contributed by atoms with Crippen LogP contribution in [0.5, 0.6) is 0 Å². The SMILES string of the molecule is CC1C(C)C2CCCCC2C2OC(C3CCCCC3)(C3CCCCC3)C=CC12. The van der Waals surface area contributed by atoms with E-state index >= 15 is 0 Å². The third-order valence-corrected chi connectivity index (χ3v) is 10.2. The van der Waals surface area contributed by atoms with E-state index in [1.807, 2.05) is 0 Å². The van der Waals surface area contributed by atoms with Crippen molar-refractivity contribution in [3.8, 4) is 0 Å². The van der Waals surface area contributed by atoms with E-state index in [2.05, 4.69) is 26.0 Å². The minimum atomic E-state index is 0.0876. The summed E-state index contributed by atoms with van der Waals surface area (Å²) in [5.41, 5.74) is 0.0876. The molecule has 5 aliphatic rings. The lowest BCUT2D eigenvalue weighted by molar-refractivity contribution is -0.212. The third kappa shape index (κ3) is 3.23. The summed E-state index contributed by atoms with van der Waals surface area (Å²) >= 11 is 0. The van der Waals surface area contributed by atoms with E-state index in [0.29, 0.717) is 12.0 Å². The molecule has 0 aromatic carbocycles. The first kappa shape index (κ1) is 19.7. The van der Waals surface area contributed by atoms with E-state index in [9.17, 15) is 0 Å². The molecule has 1 heterocycles. The van der Waals surface area contributed by atoms with Crippen molar-refractivity contribution in [1.29, 1.82) is 0 Å². The fourth-order valence-electron chi connectivity index (χ4n) is 8.47. The summed E-state index contributed by atoms with van der Waals surface area (Å²) < 4.78 is 7.56. The highest BCUT2D eigenvalue weighted by Crippen LogP contribution is 2.56. The molecule has 1 nitrogen and oxygen atoms in total. The van der Waals surface area contributed by atoms with E-state index in [4.69, 9.17) is 4.74 Å². The summed E-state index contributed by atoms with van der Waals surface area (Å²) in [6.07, 6.45) is 26.0. The second kappa shape index (κ2) is 8.09. The zero-order valence-corrected chi connectivity index (χ0v) is 18.6. The maximum atomic E-state index is 7.56. The third-order valence-electron chi connectivity index (χ3n) is 10.2. The van der Waals surface area contributed by atoms with Crippen LogP contribution in [0.3, 0.4) is 0 Å². The van der Waals surface area contributed by atoms with Crippen molar-refractivity contribution in [2.75, 3.05) is 0 Å². The predicted octanol–water partition coefficient (Wildman–Crippen LogP) is 7.55. The van der Waals surface area contributed by atoms with Gasteiger partial charge in [-0.15, -0.1) is 0 Å². The first-order valence-electron chi connectivity index (χ1n) is 13.1. The Morgan fingerprint density at radius 3 is 1.79 bits per heavy atom. The van der Waals surface area contributed by atoms with Crippen LogP contribution >= 0.6 is 0 Å². The average Bonchev–Trinajstić information content (AvgIpc) is 2.78. The Bertz CT molecular complexity index is 535. The van der Waals surface area contributed by atoms with Gasteiger partial charge in [0, 0.05) is 5.92 Å². The molecule has 0 aromatic heterocycles. The molecule has 1 aliphatic heterocycles. The zero-order valence-electron chi connectivity index (χ0n) is 18.6. The number of hydrogen-bond acceptors (Lipinski definition) is 1. The topological polar surface area (TPSA) is 9.23 Å². The van der Waals surface area contributed by atoms with Gasteiger partial charge in [0.2, 0.25) is 0 Å². The summed E-state index contributed by atoms with van der Waals surface area (Å²) in [5, 5.41) is 0. The highest BCUT2D eigenvalue weighted by atomic mass is 16.5. The van der Waals surface area contributed by atoms with Gasteiger partial charge in [-0.25, -0.2) is 0 Å². The van der Waals surface area contributed by atoms with Gasteiger partial charge in [0.1, 0.15) is 0 Å². The fraction of sp³-hybridized carbons (Fsp3) is 0.926. The summed E-state index contributed by atoms with van der Waals surface area (Å²) in [6.45, 7) is 5.09. The molecule has 0 spiro atoms. The molecule has 158 valence electrons. The molecule has 0 N–H and O–H groups in total. The largest absolute Gasteiger partial charge is 0.366 e. The van der Waals surface area contributed by atoms with Crippen LogP contribution in [0.25, 0.3) is 0 Å². The molecule has 6 unspecified atom stereocenters. The molecule has 0 aromatic rings. The van der Waals surface area contributed by atoms with Crippen molar-refractivity contribution in [2.24, 2.45) is 41.4 Å². The monoisotopic (exact) mass is 384 g/mol. The second-order valence-corrected chi connectivity index (χ2v) is 11.4. The van der Waals surface area contributed by atoms with E-state index in [0.717, 1.165) is 35.5 Å². The van der Waals surface area contributed by atoms with Crippen molar-refractivity contribution >= 4 is 0 Å². The highest BCUT2D eigenvalue weighted by molar-refractivity contribution is 5.19. The predicted molar refractivity (Wildman–Crippen MR) is 117 cm³/mol. The Hall–Kier alpha value is -0.300. The van der Waals surface area contributed by atoms with E-state index < -0.39 is 0 Å². The van der Waals surface area contributed by atoms with Crippen molar-refractivity contribution in [3.63, 3.8) is 0 Å². The minimum absolute atomic E-state index is 0.0876. The van der Waals surface area contributed by atoms with Crippen molar-refractivity contribution in [1.82, 2.24) is 0 Å². The lowest BCUT2D eigenvalue weighted by Crippen LogP contribution is -2.59. The van der Waals surface area contributed by atoms with Crippen LogP contribution in [0.4, 0.5) is 0 Å². The summed E-state index contributed by atoms with van der Waals surface area (Å²) in [4.78, 5) is 0. The van der Waals surface area contributed by atoms with Crippen LogP contribution in [-0.2, 0) is 4.74 Å². The van der Waals surface area contributed by atoms with E-state index in [-0.39, 0.29) is 5.60 Å². The lowest BCUT2D eigenvalue weighted by atomic mass is 9.55. The Morgan fingerprint density at radius 1 is 0.643 bits per heavy atom. The zero-order chi connectivity index (χ0) is 19.1. The smallest absolute Gasteiger partial charge is 0.0922 e. The molecule has 4 aliphatic carbocycles. The van der Waals surface area contributed by atoms with Gasteiger partial charge in [-0.05, 0) is 74.0 Å². The number of rotatable bonds is 2. The Balaban J connectivity index is 1.50. The average molecular weight is 385 g/mol. The fourth-order valence-corrected chi connectivity index (χ4v) is 8.47. The molecule has 28 heavy (non-hydrogen) atoms. The number of fused-ring (bicyclic) bond motifs is 3. The molecule has 0 bridgehead atoms. The standard InChI is InChI=1S/C27H44O/c1-19-20(2)24-17-18-27(21-11-5-3-6-12-21,22-13-7-4-8-14-22)28-26(24)25-16-10-9-15-23(19)25/h17-26H,3-16H2,1-2H3. The molecular weight excluding hydrogens is 340 g/mol. The van der Waals surface area contributed by atoms with Crippen LogP contribution in [0, 0.1) is 41.4 Å². The van der Waals surface area contributed by atoms with E-state index in [1.165, 1.54) is 89.9 Å². The molecule has 5 rings (SSSR count). The van der Waals surface area contributed by atoms with Gasteiger partial charge < -0.3 is 4.74 Å². The van der Waals surface area contributed by atoms with Gasteiger partial charge >= 0.3 is 0 Å². The summed E-state index contributed by atoms with van der Waals surface area (Å²) in [5.74, 6) is 5.67. The first-order chi connectivity index (χ1) is 13.7. The first-order valence-corrected chi connectivity index (χ1v) is 13.1. The Labute approximate surface area is 174 Å². The van der Waals surface area contributed by atoms with Crippen LogP contribution in [0.1, 0.15) is 104 Å². The molecule has 4 saturated carbocycles.